The van der Waals surface area contributed by atoms with Gasteiger partial charge < -0.3 is 10.1 Å². The molecule has 0 aromatic heterocycles. The summed E-state index contributed by atoms with van der Waals surface area (Å²) in [4.78, 5) is 24.1. The summed E-state index contributed by atoms with van der Waals surface area (Å²) in [7, 11) is 1.13. The van der Waals surface area contributed by atoms with Crippen molar-refractivity contribution in [2.75, 3.05) is 7.11 Å². The number of halogens is 2. The lowest BCUT2D eigenvalue weighted by atomic mass is 9.93. The molecule has 1 aliphatic rings. The molecule has 6 heteroatoms. The zero-order valence-electron chi connectivity index (χ0n) is 12.1. The molecule has 1 N–H and O–H groups in total. The van der Waals surface area contributed by atoms with Crippen molar-refractivity contribution in [3.8, 4) is 0 Å². The van der Waals surface area contributed by atoms with Gasteiger partial charge in [-0.15, -0.1) is 0 Å². The van der Waals surface area contributed by atoms with Gasteiger partial charge in [0.05, 0.1) is 7.11 Å². The lowest BCUT2D eigenvalue weighted by Crippen LogP contribution is -2.39. The van der Waals surface area contributed by atoms with Crippen LogP contribution in [-0.4, -0.2) is 19.0 Å². The van der Waals surface area contributed by atoms with Gasteiger partial charge in [-0.1, -0.05) is 12.2 Å². The second kappa shape index (κ2) is 7.15. The average molecular weight is 309 g/mol. The Balaban J connectivity index is 2.23. The number of carbonyl (C=O) groups excluding carboxylic acids is 2. The Labute approximate surface area is 127 Å². The van der Waals surface area contributed by atoms with E-state index in [0.29, 0.717) is 12.8 Å². The Kier molecular flexibility index (Phi) is 5.25. The summed E-state index contributed by atoms with van der Waals surface area (Å²) in [6.07, 6.45) is 5.86. The molecule has 118 valence electrons. The van der Waals surface area contributed by atoms with Gasteiger partial charge in [0.15, 0.2) is 6.04 Å². The fourth-order valence-corrected chi connectivity index (χ4v) is 2.41. The van der Waals surface area contributed by atoms with Gasteiger partial charge in [-0.3, -0.25) is 4.79 Å². The largest absolute Gasteiger partial charge is 0.467 e. The highest BCUT2D eigenvalue weighted by atomic mass is 19.1. The number of hydrogen-bond acceptors (Lipinski definition) is 3. The highest BCUT2D eigenvalue weighted by Gasteiger charge is 2.29. The molecule has 2 rings (SSSR count). The molecular formula is C16H17F2NO3. The fourth-order valence-electron chi connectivity index (χ4n) is 2.41. The minimum Gasteiger partial charge on any atom is -0.467 e. The Hall–Kier alpha value is -2.24. The number of rotatable bonds is 4. The van der Waals surface area contributed by atoms with Crippen molar-refractivity contribution in [2.24, 2.45) is 5.92 Å². The number of nitrogens with one attached hydrogen (secondary N) is 1. The van der Waals surface area contributed by atoms with Crippen LogP contribution in [0.2, 0.25) is 0 Å². The maximum absolute atomic E-state index is 13.9. The topological polar surface area (TPSA) is 55.4 Å². The van der Waals surface area contributed by atoms with Crippen LogP contribution >= 0.6 is 0 Å². The summed E-state index contributed by atoms with van der Waals surface area (Å²) in [6, 6.07) is 1.38. The van der Waals surface area contributed by atoms with Crippen molar-refractivity contribution in [2.45, 2.75) is 25.3 Å². The van der Waals surface area contributed by atoms with Crippen molar-refractivity contribution in [1.82, 2.24) is 5.32 Å². The van der Waals surface area contributed by atoms with Crippen LogP contribution in [0.15, 0.2) is 30.4 Å². The number of carbonyl (C=O) groups is 2. The van der Waals surface area contributed by atoms with Gasteiger partial charge in [0.25, 0.3) is 0 Å². The first-order valence-corrected chi connectivity index (χ1v) is 7.01. The molecule has 0 saturated carbocycles. The predicted octanol–water partition coefficient (Wildman–Crippen LogP) is 2.65. The van der Waals surface area contributed by atoms with Crippen LogP contribution in [0.3, 0.4) is 0 Å². The quantitative estimate of drug-likeness (QED) is 0.687. The number of esters is 1. The van der Waals surface area contributed by atoms with Crippen LogP contribution in [-0.2, 0) is 14.3 Å². The summed E-state index contributed by atoms with van der Waals surface area (Å²) in [5, 5.41) is 2.47. The standard InChI is InChI=1S/C16H17F2NO3/c1-22-16(21)14(12-9-11(17)7-8-13(12)18)19-15(20)10-5-3-2-4-6-10/h2-3,7-10,14H,4-6H2,1H3,(H,19,20)/t10-,14-/m0/s1. The van der Waals surface area contributed by atoms with Gasteiger partial charge in [-0.25, -0.2) is 13.6 Å². The highest BCUT2D eigenvalue weighted by molar-refractivity contribution is 5.86. The number of benzene rings is 1. The van der Waals surface area contributed by atoms with E-state index < -0.39 is 23.6 Å². The molecule has 0 saturated heterocycles. The smallest absolute Gasteiger partial charge is 0.333 e. The second-order valence-electron chi connectivity index (χ2n) is 5.11. The molecule has 0 aliphatic heterocycles. The third-order valence-corrected chi connectivity index (χ3v) is 3.63. The van der Waals surface area contributed by atoms with E-state index in [1.165, 1.54) is 0 Å². The molecule has 1 aromatic rings. The minimum atomic E-state index is -1.36. The first-order chi connectivity index (χ1) is 10.5. The van der Waals surface area contributed by atoms with Gasteiger partial charge in [0.2, 0.25) is 5.91 Å². The highest BCUT2D eigenvalue weighted by Crippen LogP contribution is 2.23. The van der Waals surface area contributed by atoms with Crippen LogP contribution in [0.4, 0.5) is 8.78 Å². The molecule has 0 unspecified atom stereocenters. The molecular weight excluding hydrogens is 292 g/mol. The fraction of sp³-hybridized carbons (Fsp3) is 0.375. The van der Waals surface area contributed by atoms with Crippen LogP contribution in [0.5, 0.6) is 0 Å². The molecule has 1 amide bonds. The molecule has 0 radical (unpaired) electrons. The van der Waals surface area contributed by atoms with E-state index in [-0.39, 0.29) is 17.4 Å². The molecule has 1 aliphatic carbocycles. The minimum absolute atomic E-state index is 0.244. The zero-order valence-corrected chi connectivity index (χ0v) is 12.1. The number of methoxy groups -OCH3 is 1. The number of allylic oxidation sites excluding steroid dienone is 2. The lowest BCUT2D eigenvalue weighted by molar-refractivity contribution is -0.146. The summed E-state index contributed by atoms with van der Waals surface area (Å²) < 4.78 is 31.8. The molecule has 1 aromatic carbocycles. The predicted molar refractivity (Wildman–Crippen MR) is 75.7 cm³/mol. The summed E-state index contributed by atoms with van der Waals surface area (Å²) in [5.74, 6) is -2.97. The maximum atomic E-state index is 13.9. The first kappa shape index (κ1) is 16.1. The molecule has 4 nitrogen and oxygen atoms in total. The summed E-state index contributed by atoms with van der Waals surface area (Å²) >= 11 is 0. The zero-order chi connectivity index (χ0) is 16.1. The number of amides is 1. The molecule has 0 heterocycles. The van der Waals surface area contributed by atoms with E-state index in [4.69, 9.17) is 0 Å². The van der Waals surface area contributed by atoms with Gasteiger partial charge in [0, 0.05) is 11.5 Å². The van der Waals surface area contributed by atoms with E-state index in [2.05, 4.69) is 10.1 Å². The van der Waals surface area contributed by atoms with Gasteiger partial charge >= 0.3 is 5.97 Å². The van der Waals surface area contributed by atoms with Crippen molar-refractivity contribution in [3.05, 3.63) is 47.5 Å². The average Bonchev–Trinajstić information content (AvgIpc) is 2.55. The Bertz CT molecular complexity index is 601. The Morgan fingerprint density at radius 2 is 2.09 bits per heavy atom. The van der Waals surface area contributed by atoms with E-state index in [0.717, 1.165) is 31.7 Å². The molecule has 0 spiro atoms. The lowest BCUT2D eigenvalue weighted by Gasteiger charge is -2.22. The Morgan fingerprint density at radius 3 is 2.73 bits per heavy atom. The van der Waals surface area contributed by atoms with Gasteiger partial charge in [-0.2, -0.15) is 0 Å². The van der Waals surface area contributed by atoms with Crippen LogP contribution in [0, 0.1) is 17.6 Å². The SMILES string of the molecule is COC(=O)[C@@H](NC(=O)[C@H]1CC=CCC1)c1cc(F)ccc1F. The van der Waals surface area contributed by atoms with E-state index >= 15 is 0 Å². The van der Waals surface area contributed by atoms with Crippen molar-refractivity contribution in [3.63, 3.8) is 0 Å². The molecule has 0 bridgehead atoms. The van der Waals surface area contributed by atoms with Crippen molar-refractivity contribution >= 4 is 11.9 Å². The van der Waals surface area contributed by atoms with Crippen LogP contribution in [0.1, 0.15) is 30.9 Å². The van der Waals surface area contributed by atoms with Gasteiger partial charge in [0.1, 0.15) is 11.6 Å². The van der Waals surface area contributed by atoms with E-state index in [1.807, 2.05) is 12.2 Å². The van der Waals surface area contributed by atoms with E-state index in [1.54, 1.807) is 0 Å². The van der Waals surface area contributed by atoms with E-state index in [9.17, 15) is 18.4 Å². The van der Waals surface area contributed by atoms with Crippen molar-refractivity contribution < 1.29 is 23.1 Å². The summed E-state index contributed by atoms with van der Waals surface area (Å²) in [6.45, 7) is 0. The third kappa shape index (κ3) is 3.69. The molecule has 2 atom stereocenters. The number of ether oxygens (including phenoxy) is 1. The first-order valence-electron chi connectivity index (χ1n) is 7.01. The monoisotopic (exact) mass is 309 g/mol. The number of hydrogen-bond donors (Lipinski definition) is 1. The van der Waals surface area contributed by atoms with Crippen molar-refractivity contribution in [1.29, 1.82) is 0 Å². The summed E-state index contributed by atoms with van der Waals surface area (Å²) in [5.41, 5.74) is -0.244. The molecule has 0 fully saturated rings. The normalized spacial score (nSPS) is 18.6. The van der Waals surface area contributed by atoms with Gasteiger partial charge in [-0.05, 0) is 37.5 Å². The Morgan fingerprint density at radius 1 is 1.32 bits per heavy atom. The second-order valence-corrected chi connectivity index (χ2v) is 5.11. The molecule has 22 heavy (non-hydrogen) atoms. The third-order valence-electron chi connectivity index (χ3n) is 3.63. The maximum Gasteiger partial charge on any atom is 0.333 e. The van der Waals surface area contributed by atoms with Crippen LogP contribution < -0.4 is 5.32 Å². The van der Waals surface area contributed by atoms with Crippen LogP contribution in [0.25, 0.3) is 0 Å².